The van der Waals surface area contributed by atoms with Crippen LogP contribution < -0.4 is 0 Å². The first kappa shape index (κ1) is 14.6. The molecule has 1 saturated carbocycles. The van der Waals surface area contributed by atoms with Gasteiger partial charge in [0.2, 0.25) is 0 Å². The van der Waals surface area contributed by atoms with E-state index in [0.29, 0.717) is 11.4 Å². The first-order chi connectivity index (χ1) is 10.3. The standard InChI is InChI=1S/C15H13F3N2O2/c1-8-11(7-15(8,17)18)13-6-12(14(21)22)19-20(13)10-4-2-9(16)3-5-10/h2-6,8,11H,7H2,1H3,(H,21,22). The molecule has 1 aliphatic carbocycles. The fourth-order valence-electron chi connectivity index (χ4n) is 2.70. The maximum absolute atomic E-state index is 13.4. The number of nitrogens with zero attached hydrogens (tertiary/aromatic N) is 2. The van der Waals surface area contributed by atoms with E-state index in [0.717, 1.165) is 0 Å². The van der Waals surface area contributed by atoms with Crippen molar-refractivity contribution in [2.75, 3.05) is 0 Å². The molecule has 0 saturated heterocycles. The Morgan fingerprint density at radius 2 is 2.00 bits per heavy atom. The molecule has 3 rings (SSSR count). The van der Waals surface area contributed by atoms with Crippen LogP contribution in [0.3, 0.4) is 0 Å². The molecule has 1 heterocycles. The number of aromatic carboxylic acids is 1. The Labute approximate surface area is 124 Å². The molecule has 4 nitrogen and oxygen atoms in total. The molecule has 2 unspecified atom stereocenters. The lowest BCUT2D eigenvalue weighted by atomic mass is 9.69. The second-order valence-corrected chi connectivity index (χ2v) is 5.51. The minimum Gasteiger partial charge on any atom is -0.476 e. The minimum absolute atomic E-state index is 0.221. The third kappa shape index (κ3) is 2.26. The molecule has 1 fully saturated rings. The summed E-state index contributed by atoms with van der Waals surface area (Å²) in [5.74, 6) is -5.82. The molecule has 0 spiro atoms. The highest BCUT2D eigenvalue weighted by Crippen LogP contribution is 2.53. The number of hydrogen-bond donors (Lipinski definition) is 1. The van der Waals surface area contributed by atoms with E-state index < -0.39 is 29.5 Å². The van der Waals surface area contributed by atoms with E-state index in [1.54, 1.807) is 0 Å². The predicted octanol–water partition coefficient (Wildman–Crippen LogP) is 3.47. The normalized spacial score (nSPS) is 23.1. The van der Waals surface area contributed by atoms with Crippen LogP contribution >= 0.6 is 0 Å². The summed E-state index contributed by atoms with van der Waals surface area (Å²) in [5, 5.41) is 13.0. The van der Waals surface area contributed by atoms with Crippen LogP contribution in [-0.4, -0.2) is 26.8 Å². The van der Waals surface area contributed by atoms with Crippen molar-refractivity contribution >= 4 is 5.97 Å². The average molecular weight is 310 g/mol. The Balaban J connectivity index is 2.05. The van der Waals surface area contributed by atoms with Crippen molar-refractivity contribution in [3.8, 4) is 5.69 Å². The first-order valence-electron chi connectivity index (χ1n) is 6.76. The molecule has 0 radical (unpaired) electrons. The van der Waals surface area contributed by atoms with Crippen molar-refractivity contribution in [2.24, 2.45) is 5.92 Å². The van der Waals surface area contributed by atoms with Gasteiger partial charge in [-0.2, -0.15) is 5.10 Å². The third-order valence-corrected chi connectivity index (χ3v) is 4.17. The summed E-state index contributed by atoms with van der Waals surface area (Å²) in [6.45, 7) is 1.43. The molecule has 1 aromatic carbocycles. The summed E-state index contributed by atoms with van der Waals surface area (Å²) in [6.07, 6.45) is -0.347. The SMILES string of the molecule is CC1C(c2cc(C(=O)O)nn2-c2ccc(F)cc2)CC1(F)F. The van der Waals surface area contributed by atoms with Crippen molar-refractivity contribution in [1.82, 2.24) is 9.78 Å². The number of aromatic nitrogens is 2. The molecular weight excluding hydrogens is 297 g/mol. The van der Waals surface area contributed by atoms with Gasteiger partial charge in [0.1, 0.15) is 5.82 Å². The van der Waals surface area contributed by atoms with E-state index in [1.165, 1.54) is 41.9 Å². The number of benzene rings is 1. The molecule has 2 atom stereocenters. The van der Waals surface area contributed by atoms with Crippen molar-refractivity contribution < 1.29 is 23.1 Å². The molecule has 1 N–H and O–H groups in total. The van der Waals surface area contributed by atoms with Crippen LogP contribution in [0, 0.1) is 11.7 Å². The van der Waals surface area contributed by atoms with E-state index in [-0.39, 0.29) is 12.1 Å². The second kappa shape index (κ2) is 4.86. The van der Waals surface area contributed by atoms with Crippen LogP contribution in [0.5, 0.6) is 0 Å². The van der Waals surface area contributed by atoms with Gasteiger partial charge in [-0.05, 0) is 30.3 Å². The predicted molar refractivity (Wildman–Crippen MR) is 72.0 cm³/mol. The Hall–Kier alpha value is -2.31. The molecule has 116 valence electrons. The van der Waals surface area contributed by atoms with Gasteiger partial charge in [0.05, 0.1) is 5.69 Å². The van der Waals surface area contributed by atoms with E-state index in [9.17, 15) is 18.0 Å². The van der Waals surface area contributed by atoms with E-state index >= 15 is 0 Å². The Morgan fingerprint density at radius 1 is 1.36 bits per heavy atom. The lowest BCUT2D eigenvalue weighted by Gasteiger charge is -2.42. The number of hydrogen-bond acceptors (Lipinski definition) is 2. The van der Waals surface area contributed by atoms with Gasteiger partial charge in [0.25, 0.3) is 5.92 Å². The Morgan fingerprint density at radius 3 is 2.50 bits per heavy atom. The van der Waals surface area contributed by atoms with Gasteiger partial charge in [-0.3, -0.25) is 0 Å². The third-order valence-electron chi connectivity index (χ3n) is 4.17. The Bertz CT molecular complexity index is 725. The molecule has 22 heavy (non-hydrogen) atoms. The van der Waals surface area contributed by atoms with Crippen molar-refractivity contribution in [3.05, 3.63) is 47.5 Å². The van der Waals surface area contributed by atoms with Crippen molar-refractivity contribution in [2.45, 2.75) is 25.2 Å². The van der Waals surface area contributed by atoms with Crippen molar-refractivity contribution in [3.63, 3.8) is 0 Å². The van der Waals surface area contributed by atoms with Crippen LogP contribution in [0.1, 0.15) is 35.4 Å². The summed E-state index contributed by atoms with van der Waals surface area (Å²) >= 11 is 0. The summed E-state index contributed by atoms with van der Waals surface area (Å²) in [5.41, 5.74) is 0.621. The topological polar surface area (TPSA) is 55.1 Å². The largest absolute Gasteiger partial charge is 0.476 e. The number of carboxylic acids is 1. The lowest BCUT2D eigenvalue weighted by molar-refractivity contribution is -0.141. The van der Waals surface area contributed by atoms with Crippen LogP contribution in [0.25, 0.3) is 5.69 Å². The van der Waals surface area contributed by atoms with Crippen LogP contribution in [0.2, 0.25) is 0 Å². The highest BCUT2D eigenvalue weighted by atomic mass is 19.3. The van der Waals surface area contributed by atoms with Gasteiger partial charge in [0.15, 0.2) is 5.69 Å². The molecular formula is C15H13F3N2O2. The summed E-state index contributed by atoms with van der Waals surface area (Å²) in [7, 11) is 0. The van der Waals surface area contributed by atoms with Gasteiger partial charge >= 0.3 is 5.97 Å². The molecule has 7 heteroatoms. The average Bonchev–Trinajstić information content (AvgIpc) is 2.90. The van der Waals surface area contributed by atoms with Gasteiger partial charge in [-0.1, -0.05) is 6.92 Å². The van der Waals surface area contributed by atoms with Gasteiger partial charge in [-0.25, -0.2) is 22.6 Å². The quantitative estimate of drug-likeness (QED) is 0.944. The zero-order chi connectivity index (χ0) is 16.1. The van der Waals surface area contributed by atoms with Gasteiger partial charge < -0.3 is 5.11 Å². The highest BCUT2D eigenvalue weighted by molar-refractivity contribution is 5.85. The van der Waals surface area contributed by atoms with E-state index in [2.05, 4.69) is 5.10 Å². The number of carboxylic acid groups (broad SMARTS) is 1. The molecule has 1 aliphatic rings. The molecule has 1 aromatic heterocycles. The number of halogens is 3. The summed E-state index contributed by atoms with van der Waals surface area (Å²) < 4.78 is 41.2. The van der Waals surface area contributed by atoms with Crippen molar-refractivity contribution in [1.29, 1.82) is 0 Å². The summed E-state index contributed by atoms with van der Waals surface area (Å²) in [4.78, 5) is 11.1. The molecule has 0 bridgehead atoms. The van der Waals surface area contributed by atoms with E-state index in [4.69, 9.17) is 5.11 Å². The monoisotopic (exact) mass is 310 g/mol. The fraction of sp³-hybridized carbons (Fsp3) is 0.333. The second-order valence-electron chi connectivity index (χ2n) is 5.51. The minimum atomic E-state index is -2.76. The number of rotatable bonds is 3. The Kier molecular flexibility index (Phi) is 3.23. The van der Waals surface area contributed by atoms with Crippen LogP contribution in [-0.2, 0) is 0 Å². The molecule has 0 aliphatic heterocycles. The lowest BCUT2D eigenvalue weighted by Crippen LogP contribution is -2.44. The van der Waals surface area contributed by atoms with E-state index in [1.807, 2.05) is 0 Å². The van der Waals surface area contributed by atoms with Gasteiger partial charge in [-0.15, -0.1) is 0 Å². The zero-order valence-corrected chi connectivity index (χ0v) is 11.6. The fourth-order valence-corrected chi connectivity index (χ4v) is 2.70. The van der Waals surface area contributed by atoms with Crippen LogP contribution in [0.4, 0.5) is 13.2 Å². The molecule has 2 aromatic rings. The number of alkyl halides is 2. The smallest absolute Gasteiger partial charge is 0.356 e. The zero-order valence-electron chi connectivity index (χ0n) is 11.6. The molecule has 0 amide bonds. The maximum Gasteiger partial charge on any atom is 0.356 e. The highest BCUT2D eigenvalue weighted by Gasteiger charge is 2.54. The van der Waals surface area contributed by atoms with Gasteiger partial charge in [0, 0.05) is 24.0 Å². The first-order valence-corrected chi connectivity index (χ1v) is 6.76. The maximum atomic E-state index is 13.4. The summed E-state index contributed by atoms with van der Waals surface area (Å²) in [6, 6.07) is 6.58. The number of carbonyl (C=O) groups is 1. The van der Waals surface area contributed by atoms with Crippen LogP contribution in [0.15, 0.2) is 30.3 Å².